The van der Waals surface area contributed by atoms with E-state index in [2.05, 4.69) is 11.4 Å². The molecule has 0 aromatic carbocycles. The zero-order chi connectivity index (χ0) is 12.5. The Hall–Kier alpha value is -0.540. The lowest BCUT2D eigenvalue weighted by molar-refractivity contribution is 0.0932. The number of thiophene rings is 1. The molecule has 1 aromatic heterocycles. The fraction of sp³-hybridized carbons (Fsp3) is 0.643. The molecule has 0 radical (unpaired) electrons. The number of rotatable bonds is 2. The minimum Gasteiger partial charge on any atom is -0.349 e. The first-order valence-corrected chi connectivity index (χ1v) is 8.04. The molecule has 2 aliphatic rings. The average Bonchev–Trinajstić information content (AvgIpc) is 2.92. The van der Waals surface area contributed by atoms with E-state index in [1.807, 2.05) is 0 Å². The predicted octanol–water partition coefficient (Wildman–Crippen LogP) is 3.52. The van der Waals surface area contributed by atoms with Crippen LogP contribution in [0.15, 0.2) is 6.07 Å². The standard InChI is InChI=1S/C14H18ClNOS/c15-10-4-6-11(7-5-10)16-14(17)13-8-9-2-1-3-12(9)18-13/h8,10-11H,1-7H2,(H,16,17). The van der Waals surface area contributed by atoms with Gasteiger partial charge in [-0.25, -0.2) is 0 Å². The average molecular weight is 284 g/mol. The van der Waals surface area contributed by atoms with E-state index in [4.69, 9.17) is 11.6 Å². The third-order valence-corrected chi connectivity index (χ3v) is 5.63. The van der Waals surface area contributed by atoms with Crippen molar-refractivity contribution in [3.05, 3.63) is 21.4 Å². The Balaban J connectivity index is 1.60. The van der Waals surface area contributed by atoms with Crippen LogP contribution >= 0.6 is 22.9 Å². The molecule has 1 heterocycles. The number of carbonyl (C=O) groups is 1. The van der Waals surface area contributed by atoms with Crippen LogP contribution in [0.3, 0.4) is 0 Å². The van der Waals surface area contributed by atoms with Gasteiger partial charge in [0.05, 0.1) is 4.88 Å². The molecule has 0 unspecified atom stereocenters. The molecule has 0 atom stereocenters. The number of hydrogen-bond acceptors (Lipinski definition) is 2. The first-order valence-electron chi connectivity index (χ1n) is 6.79. The highest BCUT2D eigenvalue weighted by Gasteiger charge is 2.23. The fourth-order valence-corrected chi connectivity index (χ4v) is 4.30. The normalized spacial score (nSPS) is 26.9. The molecule has 4 heteroatoms. The van der Waals surface area contributed by atoms with Gasteiger partial charge < -0.3 is 5.32 Å². The van der Waals surface area contributed by atoms with Crippen molar-refractivity contribution < 1.29 is 4.79 Å². The van der Waals surface area contributed by atoms with Crippen LogP contribution in [0.4, 0.5) is 0 Å². The van der Waals surface area contributed by atoms with Crippen LogP contribution < -0.4 is 5.32 Å². The molecule has 98 valence electrons. The summed E-state index contributed by atoms with van der Waals surface area (Å²) in [7, 11) is 0. The zero-order valence-corrected chi connectivity index (χ0v) is 11.9. The summed E-state index contributed by atoms with van der Waals surface area (Å²) in [6, 6.07) is 2.42. The maximum atomic E-state index is 12.2. The second-order valence-electron chi connectivity index (χ2n) is 5.33. The van der Waals surface area contributed by atoms with E-state index in [0.29, 0.717) is 11.4 Å². The molecule has 1 N–H and O–H groups in total. The molecule has 0 bridgehead atoms. The van der Waals surface area contributed by atoms with E-state index >= 15 is 0 Å². The molecule has 18 heavy (non-hydrogen) atoms. The van der Waals surface area contributed by atoms with Gasteiger partial charge in [-0.2, -0.15) is 0 Å². The third kappa shape index (κ3) is 2.57. The molecule has 0 spiro atoms. The lowest BCUT2D eigenvalue weighted by Crippen LogP contribution is -2.37. The summed E-state index contributed by atoms with van der Waals surface area (Å²) in [6.07, 6.45) is 7.64. The third-order valence-electron chi connectivity index (χ3n) is 3.96. The molecule has 0 aliphatic heterocycles. The molecule has 0 saturated heterocycles. The van der Waals surface area contributed by atoms with Crippen molar-refractivity contribution in [2.45, 2.75) is 56.4 Å². The molecule has 1 amide bonds. The van der Waals surface area contributed by atoms with Crippen molar-refractivity contribution in [2.75, 3.05) is 0 Å². The van der Waals surface area contributed by atoms with Crippen molar-refractivity contribution in [2.24, 2.45) is 0 Å². The number of carbonyl (C=O) groups excluding carboxylic acids is 1. The topological polar surface area (TPSA) is 29.1 Å². The number of alkyl halides is 1. The molecule has 1 aromatic rings. The molecule has 1 fully saturated rings. The van der Waals surface area contributed by atoms with Crippen LogP contribution in [0.25, 0.3) is 0 Å². The number of nitrogens with one attached hydrogen (secondary N) is 1. The number of aryl methyl sites for hydroxylation is 2. The van der Waals surface area contributed by atoms with Gasteiger partial charge in [0, 0.05) is 16.3 Å². The number of fused-ring (bicyclic) bond motifs is 1. The Morgan fingerprint density at radius 3 is 2.78 bits per heavy atom. The molecule has 3 rings (SSSR count). The summed E-state index contributed by atoms with van der Waals surface area (Å²) >= 11 is 7.76. The first kappa shape index (κ1) is 12.5. The van der Waals surface area contributed by atoms with Gasteiger partial charge in [-0.05, 0) is 56.6 Å². The maximum Gasteiger partial charge on any atom is 0.261 e. The highest BCUT2D eigenvalue weighted by Crippen LogP contribution is 2.31. The van der Waals surface area contributed by atoms with Crippen molar-refractivity contribution in [1.82, 2.24) is 5.32 Å². The smallest absolute Gasteiger partial charge is 0.261 e. The lowest BCUT2D eigenvalue weighted by Gasteiger charge is -2.25. The summed E-state index contributed by atoms with van der Waals surface area (Å²) in [5.41, 5.74) is 1.40. The monoisotopic (exact) mass is 283 g/mol. The van der Waals surface area contributed by atoms with Crippen LogP contribution in [-0.2, 0) is 12.8 Å². The summed E-state index contributed by atoms with van der Waals surface area (Å²) in [6.45, 7) is 0. The van der Waals surface area contributed by atoms with Crippen molar-refractivity contribution in [3.63, 3.8) is 0 Å². The summed E-state index contributed by atoms with van der Waals surface area (Å²) in [5, 5.41) is 3.47. The largest absolute Gasteiger partial charge is 0.349 e. The Bertz CT molecular complexity index is 427. The molecule has 2 nitrogen and oxygen atoms in total. The second-order valence-corrected chi connectivity index (χ2v) is 7.09. The van der Waals surface area contributed by atoms with Gasteiger partial charge in [0.1, 0.15) is 0 Å². The van der Waals surface area contributed by atoms with E-state index < -0.39 is 0 Å². The number of halogens is 1. The van der Waals surface area contributed by atoms with Gasteiger partial charge in [-0.15, -0.1) is 22.9 Å². The van der Waals surface area contributed by atoms with Crippen LogP contribution in [0.5, 0.6) is 0 Å². The van der Waals surface area contributed by atoms with E-state index in [1.165, 1.54) is 16.9 Å². The van der Waals surface area contributed by atoms with Crippen molar-refractivity contribution in [3.8, 4) is 0 Å². The van der Waals surface area contributed by atoms with E-state index in [-0.39, 0.29) is 5.91 Å². The fourth-order valence-electron chi connectivity index (χ4n) is 2.89. The molecular formula is C14H18ClNOS. The summed E-state index contributed by atoms with van der Waals surface area (Å²) in [4.78, 5) is 14.5. The Labute approximate surface area is 117 Å². The SMILES string of the molecule is O=C(NC1CCC(Cl)CC1)c1cc2c(s1)CCC2. The van der Waals surface area contributed by atoms with Gasteiger partial charge in [0.15, 0.2) is 0 Å². The molecule has 2 aliphatic carbocycles. The Morgan fingerprint density at radius 2 is 2.06 bits per heavy atom. The number of amides is 1. The zero-order valence-electron chi connectivity index (χ0n) is 10.4. The van der Waals surface area contributed by atoms with Crippen LogP contribution in [0.1, 0.15) is 52.2 Å². The minimum atomic E-state index is 0.118. The highest BCUT2D eigenvalue weighted by atomic mass is 35.5. The number of hydrogen-bond donors (Lipinski definition) is 1. The first-order chi connectivity index (χ1) is 8.72. The van der Waals surface area contributed by atoms with Gasteiger partial charge >= 0.3 is 0 Å². The van der Waals surface area contributed by atoms with E-state index in [9.17, 15) is 4.79 Å². The summed E-state index contributed by atoms with van der Waals surface area (Å²) in [5.74, 6) is 0.118. The van der Waals surface area contributed by atoms with Gasteiger partial charge in [-0.1, -0.05) is 0 Å². The van der Waals surface area contributed by atoms with Gasteiger partial charge in [0.2, 0.25) is 0 Å². The lowest BCUT2D eigenvalue weighted by atomic mass is 9.95. The van der Waals surface area contributed by atoms with Crippen LogP contribution in [-0.4, -0.2) is 17.3 Å². The van der Waals surface area contributed by atoms with Crippen LogP contribution in [0, 0.1) is 0 Å². The van der Waals surface area contributed by atoms with Crippen LogP contribution in [0.2, 0.25) is 0 Å². The quantitative estimate of drug-likeness (QED) is 0.827. The van der Waals surface area contributed by atoms with Gasteiger partial charge in [-0.3, -0.25) is 4.79 Å². The maximum absolute atomic E-state index is 12.2. The predicted molar refractivity (Wildman–Crippen MR) is 75.7 cm³/mol. The molecular weight excluding hydrogens is 266 g/mol. The molecule has 1 saturated carbocycles. The van der Waals surface area contributed by atoms with E-state index in [0.717, 1.165) is 43.4 Å². The Kier molecular flexibility index (Phi) is 3.62. The summed E-state index contributed by atoms with van der Waals surface area (Å²) < 4.78 is 0. The Morgan fingerprint density at radius 1 is 1.28 bits per heavy atom. The minimum absolute atomic E-state index is 0.118. The van der Waals surface area contributed by atoms with Crippen molar-refractivity contribution >= 4 is 28.8 Å². The second kappa shape index (κ2) is 5.22. The highest BCUT2D eigenvalue weighted by molar-refractivity contribution is 7.14. The van der Waals surface area contributed by atoms with Gasteiger partial charge in [0.25, 0.3) is 5.91 Å². The van der Waals surface area contributed by atoms with E-state index in [1.54, 1.807) is 11.3 Å². The van der Waals surface area contributed by atoms with Crippen molar-refractivity contribution in [1.29, 1.82) is 0 Å².